The van der Waals surface area contributed by atoms with Crippen molar-refractivity contribution >= 4 is 17.6 Å². The van der Waals surface area contributed by atoms with E-state index in [1.165, 1.54) is 0 Å². The van der Waals surface area contributed by atoms with E-state index in [2.05, 4.69) is 44.5 Å². The highest BCUT2D eigenvalue weighted by Gasteiger charge is 2.24. The van der Waals surface area contributed by atoms with Gasteiger partial charge in [0, 0.05) is 6.21 Å². The van der Waals surface area contributed by atoms with Gasteiger partial charge in [0.15, 0.2) is 5.78 Å². The molecule has 2 rings (SSSR count). The van der Waals surface area contributed by atoms with Crippen molar-refractivity contribution in [3.8, 4) is 5.75 Å². The third-order valence-corrected chi connectivity index (χ3v) is 4.77. The van der Waals surface area contributed by atoms with Crippen LogP contribution >= 0.6 is 0 Å². The molecule has 1 heterocycles. The molecular formula is C23H29NO3. The van der Waals surface area contributed by atoms with Crippen molar-refractivity contribution in [3.63, 3.8) is 0 Å². The first-order chi connectivity index (χ1) is 12.8. The molecule has 1 unspecified atom stereocenters. The second-order valence-electron chi connectivity index (χ2n) is 7.24. The van der Waals surface area contributed by atoms with Crippen LogP contribution in [0.25, 0.3) is 5.57 Å². The lowest BCUT2D eigenvalue weighted by Gasteiger charge is -2.25. The molecule has 1 aromatic carbocycles. The van der Waals surface area contributed by atoms with Gasteiger partial charge >= 0.3 is 0 Å². The summed E-state index contributed by atoms with van der Waals surface area (Å²) in [4.78, 5) is 16.1. The molecule has 144 valence electrons. The van der Waals surface area contributed by atoms with Crippen molar-refractivity contribution in [1.82, 2.24) is 0 Å². The summed E-state index contributed by atoms with van der Waals surface area (Å²) in [5.41, 5.74) is 2.57. The van der Waals surface area contributed by atoms with Gasteiger partial charge in [0.25, 0.3) is 0 Å². The Bertz CT molecular complexity index is 756. The van der Waals surface area contributed by atoms with E-state index in [1.54, 1.807) is 6.92 Å². The summed E-state index contributed by atoms with van der Waals surface area (Å²) >= 11 is 0. The second kappa shape index (κ2) is 9.47. The molecule has 0 aliphatic carbocycles. The van der Waals surface area contributed by atoms with Gasteiger partial charge in [-0.2, -0.15) is 0 Å². The lowest BCUT2D eigenvalue weighted by Crippen LogP contribution is -2.25. The Hall–Kier alpha value is -2.46. The van der Waals surface area contributed by atoms with Crippen molar-refractivity contribution in [2.24, 2.45) is 10.9 Å². The van der Waals surface area contributed by atoms with E-state index in [4.69, 9.17) is 9.47 Å². The number of nitrogens with zero attached hydrogens (tertiary/aromatic N) is 1. The monoisotopic (exact) mass is 367 g/mol. The van der Waals surface area contributed by atoms with Crippen LogP contribution in [-0.2, 0) is 9.53 Å². The van der Waals surface area contributed by atoms with E-state index in [0.717, 1.165) is 16.9 Å². The molecule has 0 aromatic heterocycles. The highest BCUT2D eigenvalue weighted by atomic mass is 16.5. The van der Waals surface area contributed by atoms with Gasteiger partial charge in [0.2, 0.25) is 0 Å². The molecule has 1 aromatic rings. The molecule has 0 amide bonds. The minimum Gasteiger partial charge on any atom is -0.491 e. The quantitative estimate of drug-likeness (QED) is 0.471. The molecule has 4 nitrogen and oxygen atoms in total. The summed E-state index contributed by atoms with van der Waals surface area (Å²) in [6.07, 6.45) is 8.23. The van der Waals surface area contributed by atoms with Gasteiger partial charge in [-0.25, -0.2) is 0 Å². The SMILES string of the molecule is C=C(C)C(=O)COCCOc1ccc(C2=CC=NC(C)(C(C)C)C=C2)cc1. The highest BCUT2D eigenvalue weighted by Crippen LogP contribution is 2.28. The largest absolute Gasteiger partial charge is 0.491 e. The molecule has 0 spiro atoms. The Kier molecular flexibility index (Phi) is 7.31. The smallest absolute Gasteiger partial charge is 0.183 e. The molecule has 1 atom stereocenters. The fourth-order valence-electron chi connectivity index (χ4n) is 2.42. The zero-order valence-electron chi connectivity index (χ0n) is 16.7. The summed E-state index contributed by atoms with van der Waals surface area (Å²) in [6.45, 7) is 12.6. The molecular weight excluding hydrogens is 338 g/mol. The Morgan fingerprint density at radius 1 is 1.22 bits per heavy atom. The Morgan fingerprint density at radius 3 is 2.56 bits per heavy atom. The van der Waals surface area contributed by atoms with Crippen molar-refractivity contribution < 1.29 is 14.3 Å². The van der Waals surface area contributed by atoms with E-state index >= 15 is 0 Å². The molecule has 27 heavy (non-hydrogen) atoms. The predicted molar refractivity (Wildman–Crippen MR) is 111 cm³/mol. The average Bonchev–Trinajstić information content (AvgIpc) is 2.84. The number of carbonyl (C=O) groups excluding carboxylic acids is 1. The standard InChI is InChI=1S/C23H29NO3/c1-17(2)22(25)16-26-14-15-27-21-8-6-19(7-9-21)20-10-12-23(5,18(3)4)24-13-11-20/h6-13,18H,1,14-16H2,2-5H3. The van der Waals surface area contributed by atoms with Gasteiger partial charge in [-0.3, -0.25) is 9.79 Å². The number of hydrogen-bond donors (Lipinski definition) is 0. The summed E-state index contributed by atoms with van der Waals surface area (Å²) in [7, 11) is 0. The molecule has 0 saturated heterocycles. The van der Waals surface area contributed by atoms with Crippen molar-refractivity contribution in [2.45, 2.75) is 33.2 Å². The fourth-order valence-corrected chi connectivity index (χ4v) is 2.42. The van der Waals surface area contributed by atoms with Crippen molar-refractivity contribution in [3.05, 3.63) is 60.2 Å². The van der Waals surface area contributed by atoms with Gasteiger partial charge in [-0.15, -0.1) is 0 Å². The molecule has 0 saturated carbocycles. The summed E-state index contributed by atoms with van der Waals surface area (Å²) < 4.78 is 10.9. The van der Waals surface area contributed by atoms with Crippen molar-refractivity contribution in [2.75, 3.05) is 19.8 Å². The maximum atomic E-state index is 11.4. The Morgan fingerprint density at radius 2 is 1.93 bits per heavy atom. The zero-order chi connectivity index (χ0) is 19.9. The summed E-state index contributed by atoms with van der Waals surface area (Å²) in [6, 6.07) is 7.94. The van der Waals surface area contributed by atoms with Crippen LogP contribution in [0.1, 0.15) is 33.3 Å². The van der Waals surface area contributed by atoms with Crippen LogP contribution in [0.2, 0.25) is 0 Å². The van der Waals surface area contributed by atoms with Crippen LogP contribution in [0.4, 0.5) is 0 Å². The minimum absolute atomic E-state index is 0.0506. The first-order valence-corrected chi connectivity index (χ1v) is 9.26. The number of rotatable bonds is 9. The number of benzene rings is 1. The van der Waals surface area contributed by atoms with Crippen LogP contribution in [0.15, 0.2) is 59.6 Å². The molecule has 4 heteroatoms. The topological polar surface area (TPSA) is 47.9 Å². The Balaban J connectivity index is 1.87. The maximum absolute atomic E-state index is 11.4. The Labute approximate surface area is 162 Å². The average molecular weight is 367 g/mol. The summed E-state index contributed by atoms with van der Waals surface area (Å²) in [5.74, 6) is 1.12. The van der Waals surface area contributed by atoms with E-state index in [-0.39, 0.29) is 17.9 Å². The second-order valence-corrected chi connectivity index (χ2v) is 7.24. The lowest BCUT2D eigenvalue weighted by molar-refractivity contribution is -0.120. The van der Waals surface area contributed by atoms with Crippen LogP contribution in [0, 0.1) is 5.92 Å². The third-order valence-electron chi connectivity index (χ3n) is 4.77. The number of aliphatic imine (C=N–C) groups is 1. The predicted octanol–water partition coefficient (Wildman–Crippen LogP) is 4.67. The molecule has 1 aliphatic rings. The van der Waals surface area contributed by atoms with E-state index in [1.807, 2.05) is 36.6 Å². The van der Waals surface area contributed by atoms with Gasteiger partial charge < -0.3 is 9.47 Å². The third kappa shape index (κ3) is 6.04. The number of carbonyl (C=O) groups is 1. The number of allylic oxidation sites excluding steroid dienone is 3. The number of Topliss-reactive ketones (excluding diaryl/α,β-unsaturated/α-hetero) is 1. The van der Waals surface area contributed by atoms with E-state index in [9.17, 15) is 4.79 Å². The van der Waals surface area contributed by atoms with Crippen LogP contribution in [0.5, 0.6) is 5.75 Å². The molecule has 0 bridgehead atoms. The molecule has 0 N–H and O–H groups in total. The van der Waals surface area contributed by atoms with Crippen LogP contribution in [0.3, 0.4) is 0 Å². The van der Waals surface area contributed by atoms with Gasteiger partial charge in [-0.1, -0.05) is 44.7 Å². The fraction of sp³-hybridized carbons (Fsp3) is 0.391. The first-order valence-electron chi connectivity index (χ1n) is 9.26. The van der Waals surface area contributed by atoms with Crippen LogP contribution < -0.4 is 4.74 Å². The number of hydrogen-bond acceptors (Lipinski definition) is 4. The van der Waals surface area contributed by atoms with Gasteiger partial charge in [-0.05, 0) is 54.7 Å². The van der Waals surface area contributed by atoms with Crippen molar-refractivity contribution in [1.29, 1.82) is 0 Å². The molecule has 0 fully saturated rings. The van der Waals surface area contributed by atoms with E-state index < -0.39 is 0 Å². The van der Waals surface area contributed by atoms with Crippen LogP contribution in [-0.4, -0.2) is 37.4 Å². The molecule has 0 radical (unpaired) electrons. The van der Waals surface area contributed by atoms with Gasteiger partial charge in [0.1, 0.15) is 19.0 Å². The van der Waals surface area contributed by atoms with E-state index in [0.29, 0.717) is 24.7 Å². The van der Waals surface area contributed by atoms with Gasteiger partial charge in [0.05, 0.1) is 12.1 Å². The molecule has 1 aliphatic heterocycles. The zero-order valence-corrected chi connectivity index (χ0v) is 16.7. The lowest BCUT2D eigenvalue weighted by atomic mass is 9.88. The number of ketones is 1. The highest BCUT2D eigenvalue weighted by molar-refractivity contribution is 5.95. The normalized spacial score (nSPS) is 18.9. The summed E-state index contributed by atoms with van der Waals surface area (Å²) in [5, 5.41) is 0. The number of ether oxygens (including phenoxy) is 2. The maximum Gasteiger partial charge on any atom is 0.183 e. The first kappa shape index (κ1) is 20.8. The minimum atomic E-state index is -0.174.